The summed E-state index contributed by atoms with van der Waals surface area (Å²) in [5.74, 6) is 1.78. The third-order valence-corrected chi connectivity index (χ3v) is 7.76. The van der Waals surface area contributed by atoms with Gasteiger partial charge in [-0.3, -0.25) is 0 Å². The molecule has 4 fully saturated rings. The van der Waals surface area contributed by atoms with Crippen LogP contribution in [0.15, 0.2) is 23.8 Å². The van der Waals surface area contributed by atoms with Gasteiger partial charge in [0.15, 0.2) is 0 Å². The van der Waals surface area contributed by atoms with E-state index in [4.69, 9.17) is 4.74 Å². The fraction of sp³-hybridized carbons (Fsp3) is 0.833. The second-order valence-electron chi connectivity index (χ2n) is 9.62. The Hall–Kier alpha value is -0.680. The van der Waals surface area contributed by atoms with Crippen LogP contribution in [0.5, 0.6) is 0 Å². The smallest absolute Gasteiger partial charge is 0.0749 e. The molecule has 4 aliphatic rings. The summed E-state index contributed by atoms with van der Waals surface area (Å²) in [6, 6.07) is 0. The largest absolute Gasteiger partial charge is 0.392 e. The molecule has 1 saturated heterocycles. The van der Waals surface area contributed by atoms with E-state index in [0.717, 1.165) is 51.9 Å². The number of aliphatic hydroxyl groups is 2. The maximum Gasteiger partial charge on any atom is 0.0749 e. The minimum atomic E-state index is -0.325. The molecule has 0 unspecified atom stereocenters. The molecule has 3 aliphatic carbocycles. The minimum absolute atomic E-state index is 0.211. The molecule has 4 rings (SSSR count). The number of hydrogen-bond donors (Lipinski definition) is 2. The molecule has 0 aromatic heterocycles. The van der Waals surface area contributed by atoms with Crippen LogP contribution in [0.3, 0.4) is 0 Å². The van der Waals surface area contributed by atoms with E-state index in [0.29, 0.717) is 17.8 Å². The molecule has 0 aromatic carbocycles. The lowest BCUT2D eigenvalue weighted by molar-refractivity contribution is 0.132. The van der Waals surface area contributed by atoms with Crippen molar-refractivity contribution < 1.29 is 14.9 Å². The van der Waals surface area contributed by atoms with E-state index in [2.05, 4.69) is 17.1 Å². The van der Waals surface area contributed by atoms with Gasteiger partial charge in [0.2, 0.25) is 0 Å². The highest BCUT2D eigenvalue weighted by atomic mass is 16.5. The molecule has 158 valence electrons. The third kappa shape index (κ3) is 5.08. The second-order valence-corrected chi connectivity index (χ2v) is 9.62. The average Bonchev–Trinajstić information content (AvgIpc) is 3.46. The SMILES string of the molecule is O[C@H](/C=C/[C@@H]1[C@H]2C/C(=C/COCCN3CCCC3)C[C@H]2C[C@H]1O)C1CCCC1. The number of aliphatic hydroxyl groups excluding tert-OH is 2. The van der Waals surface area contributed by atoms with Gasteiger partial charge in [-0.05, 0) is 75.8 Å². The van der Waals surface area contributed by atoms with E-state index in [1.807, 2.05) is 6.08 Å². The van der Waals surface area contributed by atoms with E-state index in [1.54, 1.807) is 0 Å². The van der Waals surface area contributed by atoms with Gasteiger partial charge in [-0.1, -0.05) is 36.6 Å². The predicted molar refractivity (Wildman–Crippen MR) is 112 cm³/mol. The summed E-state index contributed by atoms with van der Waals surface area (Å²) >= 11 is 0. The Balaban J connectivity index is 1.22. The second kappa shape index (κ2) is 9.88. The first-order chi connectivity index (χ1) is 13.7. The summed E-state index contributed by atoms with van der Waals surface area (Å²) in [6.07, 6.45) is 16.5. The summed E-state index contributed by atoms with van der Waals surface area (Å²) in [5.41, 5.74) is 1.51. The Morgan fingerprint density at radius 1 is 1.11 bits per heavy atom. The quantitative estimate of drug-likeness (QED) is 0.492. The maximum atomic E-state index is 10.5. The van der Waals surface area contributed by atoms with E-state index < -0.39 is 0 Å². The van der Waals surface area contributed by atoms with E-state index in [-0.39, 0.29) is 18.1 Å². The lowest BCUT2D eigenvalue weighted by Crippen LogP contribution is -2.24. The zero-order chi connectivity index (χ0) is 19.3. The molecule has 4 nitrogen and oxygen atoms in total. The number of rotatable bonds is 8. The van der Waals surface area contributed by atoms with Crippen LogP contribution < -0.4 is 0 Å². The van der Waals surface area contributed by atoms with Gasteiger partial charge in [0.1, 0.15) is 0 Å². The topological polar surface area (TPSA) is 52.9 Å². The Labute approximate surface area is 170 Å². The molecule has 0 aromatic rings. The lowest BCUT2D eigenvalue weighted by Gasteiger charge is -2.19. The Kier molecular flexibility index (Phi) is 7.27. The van der Waals surface area contributed by atoms with Crippen LogP contribution in [0.2, 0.25) is 0 Å². The van der Waals surface area contributed by atoms with Gasteiger partial charge in [0.05, 0.1) is 25.4 Å². The van der Waals surface area contributed by atoms with Crippen molar-refractivity contribution >= 4 is 0 Å². The monoisotopic (exact) mass is 389 g/mol. The third-order valence-electron chi connectivity index (χ3n) is 7.76. The molecule has 1 aliphatic heterocycles. The Morgan fingerprint density at radius 3 is 2.68 bits per heavy atom. The van der Waals surface area contributed by atoms with Crippen LogP contribution in [-0.4, -0.2) is 60.2 Å². The average molecular weight is 390 g/mol. The Bertz CT molecular complexity index is 548. The summed E-state index contributed by atoms with van der Waals surface area (Å²) in [6.45, 7) is 5.10. The van der Waals surface area contributed by atoms with Crippen molar-refractivity contribution in [2.45, 2.75) is 70.0 Å². The number of nitrogens with zero attached hydrogens (tertiary/aromatic N) is 1. The van der Waals surface area contributed by atoms with Gasteiger partial charge in [0, 0.05) is 12.5 Å². The normalized spacial score (nSPS) is 36.9. The van der Waals surface area contributed by atoms with Crippen molar-refractivity contribution in [3.63, 3.8) is 0 Å². The first-order valence-electron chi connectivity index (χ1n) is 11.7. The van der Waals surface area contributed by atoms with Crippen LogP contribution in [0, 0.1) is 23.7 Å². The summed E-state index contributed by atoms with van der Waals surface area (Å²) in [4.78, 5) is 2.49. The lowest BCUT2D eigenvalue weighted by atomic mass is 9.89. The zero-order valence-electron chi connectivity index (χ0n) is 17.3. The number of likely N-dealkylation sites (tertiary alicyclic amines) is 1. The summed E-state index contributed by atoms with van der Waals surface area (Å²) in [7, 11) is 0. The van der Waals surface area contributed by atoms with Crippen LogP contribution in [0.4, 0.5) is 0 Å². The van der Waals surface area contributed by atoms with Gasteiger partial charge in [0.25, 0.3) is 0 Å². The van der Waals surface area contributed by atoms with Crippen molar-refractivity contribution in [2.24, 2.45) is 23.7 Å². The molecule has 28 heavy (non-hydrogen) atoms. The van der Waals surface area contributed by atoms with Gasteiger partial charge < -0.3 is 19.8 Å². The molecule has 5 atom stereocenters. The molecule has 0 spiro atoms. The molecule has 4 heteroatoms. The number of allylic oxidation sites excluding steroid dienone is 1. The molecule has 2 N–H and O–H groups in total. The van der Waals surface area contributed by atoms with Gasteiger partial charge in [-0.2, -0.15) is 0 Å². The van der Waals surface area contributed by atoms with E-state index in [1.165, 1.54) is 44.3 Å². The highest BCUT2D eigenvalue weighted by Gasteiger charge is 2.45. The van der Waals surface area contributed by atoms with E-state index in [9.17, 15) is 10.2 Å². The first-order valence-corrected chi connectivity index (χ1v) is 11.7. The van der Waals surface area contributed by atoms with Crippen molar-refractivity contribution in [1.29, 1.82) is 0 Å². The fourth-order valence-corrected chi connectivity index (χ4v) is 6.10. The van der Waals surface area contributed by atoms with Gasteiger partial charge in [-0.15, -0.1) is 0 Å². The van der Waals surface area contributed by atoms with E-state index >= 15 is 0 Å². The van der Waals surface area contributed by atoms with Crippen LogP contribution >= 0.6 is 0 Å². The zero-order valence-corrected chi connectivity index (χ0v) is 17.3. The summed E-state index contributed by atoms with van der Waals surface area (Å²) < 4.78 is 5.85. The molecule has 3 saturated carbocycles. The van der Waals surface area contributed by atoms with Crippen molar-refractivity contribution in [2.75, 3.05) is 32.8 Å². The number of ether oxygens (including phenoxy) is 1. The van der Waals surface area contributed by atoms with Crippen molar-refractivity contribution in [3.8, 4) is 0 Å². The van der Waals surface area contributed by atoms with Gasteiger partial charge >= 0.3 is 0 Å². The van der Waals surface area contributed by atoms with Crippen molar-refractivity contribution in [1.82, 2.24) is 4.90 Å². The standard InChI is InChI=1S/C24H39NO3/c26-23(19-5-1-2-6-19)8-7-21-22-16-18(15-20(22)17-24(21)27)9-13-28-14-12-25-10-3-4-11-25/h7-9,19-24,26-27H,1-6,10-17H2/b8-7+,18-9+/t20-,21+,22-,23+,24+/m0/s1. The van der Waals surface area contributed by atoms with Crippen molar-refractivity contribution in [3.05, 3.63) is 23.8 Å². The first kappa shape index (κ1) is 20.6. The molecule has 1 heterocycles. The highest BCUT2D eigenvalue weighted by Crippen LogP contribution is 2.50. The van der Waals surface area contributed by atoms with Crippen LogP contribution in [0.1, 0.15) is 57.8 Å². The van der Waals surface area contributed by atoms with Gasteiger partial charge in [-0.25, -0.2) is 0 Å². The number of hydrogen-bond acceptors (Lipinski definition) is 4. The molecule has 0 amide bonds. The summed E-state index contributed by atoms with van der Waals surface area (Å²) in [5, 5.41) is 21.0. The number of fused-ring (bicyclic) bond motifs is 1. The highest BCUT2D eigenvalue weighted by molar-refractivity contribution is 5.18. The fourth-order valence-electron chi connectivity index (χ4n) is 6.10. The van der Waals surface area contributed by atoms with Crippen LogP contribution in [0.25, 0.3) is 0 Å². The predicted octanol–water partition coefficient (Wildman–Crippen LogP) is 3.54. The molecule has 0 bridgehead atoms. The molecule has 0 radical (unpaired) electrons. The maximum absolute atomic E-state index is 10.5. The van der Waals surface area contributed by atoms with Crippen LogP contribution in [-0.2, 0) is 4.74 Å². The molecular weight excluding hydrogens is 350 g/mol. The Morgan fingerprint density at radius 2 is 1.89 bits per heavy atom. The minimum Gasteiger partial charge on any atom is -0.392 e. The molecular formula is C24H39NO3.